The van der Waals surface area contributed by atoms with E-state index >= 15 is 8.78 Å². The third-order valence-electron chi connectivity index (χ3n) is 8.57. The fourth-order valence-electron chi connectivity index (χ4n) is 5.84. The minimum Gasteiger partial charge on any atom is -0.466 e. The van der Waals surface area contributed by atoms with Gasteiger partial charge in [0.15, 0.2) is 11.6 Å². The molecule has 1 atom stereocenters. The first kappa shape index (κ1) is 34.1. The third-order valence-corrected chi connectivity index (χ3v) is 9.24. The zero-order chi connectivity index (χ0) is 33.8. The van der Waals surface area contributed by atoms with Crippen molar-refractivity contribution in [3.05, 3.63) is 99.0 Å². The molecule has 0 aliphatic rings. The summed E-state index contributed by atoms with van der Waals surface area (Å²) >= 11 is 2.30. The molecule has 0 spiro atoms. The maximum Gasteiger partial charge on any atom is 0.310 e. The average molecular weight is 751 g/mol. The van der Waals surface area contributed by atoms with Gasteiger partial charge in [-0.15, -0.1) is 0 Å². The van der Waals surface area contributed by atoms with Gasteiger partial charge >= 0.3 is 5.97 Å². The van der Waals surface area contributed by atoms with Crippen LogP contribution in [0.15, 0.2) is 67.0 Å². The highest BCUT2D eigenvalue weighted by Gasteiger charge is 2.32. The van der Waals surface area contributed by atoms with Gasteiger partial charge in [0.25, 0.3) is 0 Å². The summed E-state index contributed by atoms with van der Waals surface area (Å²) in [5, 5.41) is 10.1. The number of halogens is 3. The third kappa shape index (κ3) is 7.67. The molecule has 2 aromatic heterocycles. The number of hydrogen-bond donors (Lipinski definition) is 2. The molecule has 2 heterocycles. The number of aromatic amines is 2. The number of rotatable bonds is 13. The van der Waals surface area contributed by atoms with E-state index in [1.165, 1.54) is 24.3 Å². The number of ether oxygens (including phenoxy) is 2. The minimum atomic E-state index is -0.670. The second kappa shape index (κ2) is 14.3. The molecule has 0 saturated carbocycles. The van der Waals surface area contributed by atoms with E-state index in [1.54, 1.807) is 25.4 Å². The molecule has 0 amide bonds. The van der Waals surface area contributed by atoms with Crippen LogP contribution in [0.4, 0.5) is 8.78 Å². The van der Waals surface area contributed by atoms with Crippen molar-refractivity contribution >= 4 is 39.5 Å². The predicted molar refractivity (Wildman–Crippen MR) is 186 cm³/mol. The van der Waals surface area contributed by atoms with Gasteiger partial charge in [-0.3, -0.25) is 4.79 Å². The first-order valence-corrected chi connectivity index (χ1v) is 16.7. The van der Waals surface area contributed by atoms with E-state index in [1.807, 2.05) is 26.0 Å². The standard InChI is InChI=1S/C37H37F2IN4O3/c1-5-46-33(45)19-27-26-13-16-42-31(26)20-30(39)34(27)47-25-11-12-29(38)28(18-25)35-43-21-32(44-35)37(4,23-9-8-10-24(40)17-23)15-7-6-14-36(2,3)22-41/h8-13,16-18,20-21,42H,5-7,14-15,19H2,1-4H3,(H,43,44). The highest BCUT2D eigenvalue weighted by molar-refractivity contribution is 14.1. The van der Waals surface area contributed by atoms with Gasteiger partial charge in [0.2, 0.25) is 0 Å². The van der Waals surface area contributed by atoms with Crippen molar-refractivity contribution in [2.75, 3.05) is 6.61 Å². The van der Waals surface area contributed by atoms with Gasteiger partial charge in [-0.05, 0) is 105 Å². The van der Waals surface area contributed by atoms with Crippen molar-refractivity contribution in [1.29, 1.82) is 5.26 Å². The number of hydrogen-bond acceptors (Lipinski definition) is 5. The summed E-state index contributed by atoms with van der Waals surface area (Å²) in [6.45, 7) is 7.94. The van der Waals surface area contributed by atoms with Crippen LogP contribution in [0.2, 0.25) is 0 Å². The van der Waals surface area contributed by atoms with Crippen molar-refractivity contribution in [3.8, 4) is 29.0 Å². The highest BCUT2D eigenvalue weighted by Crippen LogP contribution is 2.40. The van der Waals surface area contributed by atoms with Crippen LogP contribution in [0, 0.1) is 32.0 Å². The lowest BCUT2D eigenvalue weighted by atomic mass is 9.75. The molecule has 0 saturated heterocycles. The second-order valence-corrected chi connectivity index (χ2v) is 13.8. The SMILES string of the molecule is CCOC(=O)Cc1c(Oc2ccc(F)c(-c3ncc(C(C)(CCCCC(C)(C)C#N)c4cccc(I)c4)[nH]3)c2)c(F)cc2[nH]ccc12. The Morgan fingerprint density at radius 2 is 1.83 bits per heavy atom. The van der Waals surface area contributed by atoms with Crippen molar-refractivity contribution < 1.29 is 23.0 Å². The van der Waals surface area contributed by atoms with Crippen molar-refractivity contribution in [1.82, 2.24) is 15.0 Å². The number of unbranched alkanes of at least 4 members (excludes halogenated alkanes) is 1. The lowest BCUT2D eigenvalue weighted by molar-refractivity contribution is -0.142. The van der Waals surface area contributed by atoms with Gasteiger partial charge in [-0.1, -0.05) is 25.0 Å². The van der Waals surface area contributed by atoms with Crippen molar-refractivity contribution in [2.45, 2.75) is 65.2 Å². The topological polar surface area (TPSA) is 104 Å². The van der Waals surface area contributed by atoms with E-state index < -0.39 is 23.0 Å². The molecular formula is C37H37F2IN4O3. The van der Waals surface area contributed by atoms with E-state index in [9.17, 15) is 10.1 Å². The molecule has 2 N–H and O–H groups in total. The van der Waals surface area contributed by atoms with Crippen LogP contribution in [-0.4, -0.2) is 27.5 Å². The van der Waals surface area contributed by atoms with E-state index in [4.69, 9.17) is 9.47 Å². The molecular weight excluding hydrogens is 713 g/mol. The van der Waals surface area contributed by atoms with Crippen molar-refractivity contribution in [2.24, 2.45) is 5.41 Å². The summed E-state index contributed by atoms with van der Waals surface area (Å²) in [6.07, 6.45) is 6.53. The van der Waals surface area contributed by atoms with Crippen LogP contribution in [0.5, 0.6) is 11.5 Å². The normalized spacial score (nSPS) is 12.9. The Morgan fingerprint density at radius 1 is 1.04 bits per heavy atom. The largest absolute Gasteiger partial charge is 0.466 e. The number of H-pyrrole nitrogens is 2. The van der Waals surface area contributed by atoms with Crippen LogP contribution in [0.25, 0.3) is 22.3 Å². The number of nitrogens with one attached hydrogen (secondary N) is 2. The lowest BCUT2D eigenvalue weighted by Crippen LogP contribution is -2.24. The summed E-state index contributed by atoms with van der Waals surface area (Å²) in [7, 11) is 0. The Morgan fingerprint density at radius 3 is 2.57 bits per heavy atom. The van der Waals surface area contributed by atoms with Gasteiger partial charge in [0.05, 0.1) is 30.1 Å². The minimum absolute atomic E-state index is 0.131. The van der Waals surface area contributed by atoms with Crippen LogP contribution >= 0.6 is 22.6 Å². The second-order valence-electron chi connectivity index (χ2n) is 12.5. The van der Waals surface area contributed by atoms with Gasteiger partial charge in [0, 0.05) is 49.6 Å². The molecule has 5 rings (SSSR count). The molecule has 0 fully saturated rings. The Labute approximate surface area is 286 Å². The lowest BCUT2D eigenvalue weighted by Gasteiger charge is -2.30. The van der Waals surface area contributed by atoms with Gasteiger partial charge < -0.3 is 19.4 Å². The number of fused-ring (bicyclic) bond motifs is 1. The molecule has 1 unspecified atom stereocenters. The maximum atomic E-state index is 15.4. The molecule has 0 aliphatic carbocycles. The zero-order valence-corrected chi connectivity index (χ0v) is 29.0. The number of nitriles is 1. The first-order valence-electron chi connectivity index (χ1n) is 15.6. The number of nitrogens with zero attached hydrogens (tertiary/aromatic N) is 2. The number of esters is 1. The van der Waals surface area contributed by atoms with Crippen molar-refractivity contribution in [3.63, 3.8) is 0 Å². The molecule has 244 valence electrons. The molecule has 5 aromatic rings. The predicted octanol–water partition coefficient (Wildman–Crippen LogP) is 9.75. The van der Waals surface area contributed by atoms with Gasteiger partial charge in [-0.2, -0.15) is 5.26 Å². The first-order chi connectivity index (χ1) is 22.4. The number of aromatic nitrogens is 3. The Balaban J connectivity index is 1.47. The van der Waals surface area contributed by atoms with E-state index in [-0.39, 0.29) is 35.5 Å². The summed E-state index contributed by atoms with van der Waals surface area (Å²) < 4.78 is 43.0. The van der Waals surface area contributed by atoms with Crippen LogP contribution in [0.3, 0.4) is 0 Å². The number of benzene rings is 3. The molecule has 10 heteroatoms. The Hall–Kier alpha value is -4.24. The molecule has 0 bridgehead atoms. The molecule has 0 radical (unpaired) electrons. The van der Waals surface area contributed by atoms with Crippen LogP contribution < -0.4 is 4.74 Å². The van der Waals surface area contributed by atoms with E-state index in [0.29, 0.717) is 22.3 Å². The summed E-state index contributed by atoms with van der Waals surface area (Å²) in [4.78, 5) is 23.4. The maximum absolute atomic E-state index is 15.4. The van der Waals surface area contributed by atoms with Gasteiger partial charge in [0.1, 0.15) is 17.4 Å². The Bertz CT molecular complexity index is 1940. The van der Waals surface area contributed by atoms with E-state index in [0.717, 1.165) is 40.5 Å². The molecule has 0 aliphatic heterocycles. The fourth-order valence-corrected chi connectivity index (χ4v) is 6.38. The Kier molecular flexibility index (Phi) is 10.3. The highest BCUT2D eigenvalue weighted by atomic mass is 127. The molecule has 3 aromatic carbocycles. The monoisotopic (exact) mass is 750 g/mol. The fraction of sp³-hybridized carbons (Fsp3) is 0.324. The van der Waals surface area contributed by atoms with Crippen LogP contribution in [0.1, 0.15) is 70.2 Å². The number of imidazole rings is 1. The number of carbonyl (C=O) groups is 1. The zero-order valence-electron chi connectivity index (χ0n) is 26.8. The average Bonchev–Trinajstić information content (AvgIpc) is 3.72. The number of carbonyl (C=O) groups excluding carboxylic acids is 1. The smallest absolute Gasteiger partial charge is 0.310 e. The summed E-state index contributed by atoms with van der Waals surface area (Å²) in [6, 6.07) is 17.8. The van der Waals surface area contributed by atoms with Crippen LogP contribution in [-0.2, 0) is 21.4 Å². The quantitative estimate of drug-likeness (QED) is 0.0709. The molecule has 47 heavy (non-hydrogen) atoms. The molecule has 7 nitrogen and oxygen atoms in total. The van der Waals surface area contributed by atoms with Gasteiger partial charge in [-0.25, -0.2) is 13.8 Å². The summed E-state index contributed by atoms with van der Waals surface area (Å²) in [5.74, 6) is -1.36. The summed E-state index contributed by atoms with van der Waals surface area (Å²) in [5.41, 5.74) is 2.07. The van der Waals surface area contributed by atoms with E-state index in [2.05, 4.69) is 62.7 Å².